The van der Waals surface area contributed by atoms with Gasteiger partial charge < -0.3 is 5.32 Å². The fourth-order valence-corrected chi connectivity index (χ4v) is 2.51. The fourth-order valence-electron chi connectivity index (χ4n) is 1.91. The van der Waals surface area contributed by atoms with Gasteiger partial charge in [-0.3, -0.25) is 9.36 Å². The number of imidazole rings is 1. The quantitative estimate of drug-likeness (QED) is 0.769. The number of carbonyl (C=O) groups excluding carboxylic acids is 1. The van der Waals surface area contributed by atoms with E-state index in [2.05, 4.69) is 29.9 Å². The third-order valence-electron chi connectivity index (χ3n) is 2.91. The number of amides is 1. The average molecular weight is 315 g/mol. The lowest BCUT2D eigenvalue weighted by molar-refractivity contribution is 0.102. The lowest BCUT2D eigenvalue weighted by atomic mass is 10.2. The summed E-state index contributed by atoms with van der Waals surface area (Å²) in [5.41, 5.74) is 0.717. The highest BCUT2D eigenvalue weighted by Gasteiger charge is 2.16. The Balaban J connectivity index is 1.79. The number of aromatic nitrogens is 6. The molecule has 0 atom stereocenters. The highest BCUT2D eigenvalue weighted by molar-refractivity contribution is 7.08. The van der Waals surface area contributed by atoms with Crippen molar-refractivity contribution < 1.29 is 4.79 Å². The molecule has 3 aromatic heterocycles. The average Bonchev–Trinajstić information content (AvgIpc) is 3.19. The summed E-state index contributed by atoms with van der Waals surface area (Å²) in [4.78, 5) is 25.0. The Bertz CT molecular complexity index is 768. The summed E-state index contributed by atoms with van der Waals surface area (Å²) >= 11 is 1.09. The molecule has 0 saturated heterocycles. The lowest BCUT2D eigenvalue weighted by Crippen LogP contribution is -2.14. The van der Waals surface area contributed by atoms with Crippen LogP contribution in [0.15, 0.2) is 31.1 Å². The summed E-state index contributed by atoms with van der Waals surface area (Å²) in [6.45, 7) is 2.03. The van der Waals surface area contributed by atoms with Gasteiger partial charge in [-0.15, -0.1) is 5.10 Å². The number of carbonyl (C=O) groups is 1. The molecule has 112 valence electrons. The van der Waals surface area contributed by atoms with Crippen molar-refractivity contribution in [3.05, 3.63) is 41.7 Å². The molecule has 3 aromatic rings. The van der Waals surface area contributed by atoms with Gasteiger partial charge in [0.2, 0.25) is 0 Å². The number of nitrogens with one attached hydrogen (secondary N) is 1. The summed E-state index contributed by atoms with van der Waals surface area (Å²) in [6, 6.07) is 1.67. The third-order valence-corrected chi connectivity index (χ3v) is 3.68. The maximum atomic E-state index is 12.3. The van der Waals surface area contributed by atoms with Crippen LogP contribution in [-0.2, 0) is 6.42 Å². The molecule has 0 aliphatic heterocycles. The minimum atomic E-state index is -0.256. The molecule has 0 saturated carbocycles. The largest absolute Gasteiger partial charge is 0.306 e. The zero-order chi connectivity index (χ0) is 15.4. The van der Waals surface area contributed by atoms with Crippen LogP contribution in [0.4, 0.5) is 5.82 Å². The molecule has 8 nitrogen and oxygen atoms in total. The summed E-state index contributed by atoms with van der Waals surface area (Å²) < 4.78 is 5.58. The van der Waals surface area contributed by atoms with Crippen molar-refractivity contribution in [1.29, 1.82) is 0 Å². The molecule has 0 radical (unpaired) electrons. The van der Waals surface area contributed by atoms with Crippen LogP contribution in [0, 0.1) is 0 Å². The van der Waals surface area contributed by atoms with Crippen LogP contribution < -0.4 is 5.32 Å². The van der Waals surface area contributed by atoms with Crippen LogP contribution in [0.5, 0.6) is 0 Å². The molecule has 9 heteroatoms. The van der Waals surface area contributed by atoms with Gasteiger partial charge in [0.25, 0.3) is 5.91 Å². The van der Waals surface area contributed by atoms with E-state index >= 15 is 0 Å². The number of nitrogens with zero attached hydrogens (tertiary/aromatic N) is 6. The summed E-state index contributed by atoms with van der Waals surface area (Å²) in [6.07, 6.45) is 8.07. The smallest absolute Gasteiger partial charge is 0.270 e. The molecule has 3 heterocycles. The number of aryl methyl sites for hydroxylation is 1. The van der Waals surface area contributed by atoms with E-state index in [0.29, 0.717) is 22.2 Å². The first-order chi connectivity index (χ1) is 10.8. The summed E-state index contributed by atoms with van der Waals surface area (Å²) in [7, 11) is 0. The molecule has 0 aliphatic rings. The molecule has 0 spiro atoms. The number of rotatable bonds is 5. The normalized spacial score (nSPS) is 10.6. The molecule has 1 N–H and O–H groups in total. The molecule has 3 rings (SSSR count). The monoisotopic (exact) mass is 315 g/mol. The highest BCUT2D eigenvalue weighted by atomic mass is 32.1. The lowest BCUT2D eigenvalue weighted by Gasteiger charge is -2.05. The zero-order valence-corrected chi connectivity index (χ0v) is 12.6. The van der Waals surface area contributed by atoms with Crippen molar-refractivity contribution in [2.24, 2.45) is 0 Å². The van der Waals surface area contributed by atoms with Crippen molar-refractivity contribution >= 4 is 23.3 Å². The maximum absolute atomic E-state index is 12.3. The minimum absolute atomic E-state index is 0.256. The van der Waals surface area contributed by atoms with Gasteiger partial charge in [0.15, 0.2) is 0 Å². The van der Waals surface area contributed by atoms with E-state index in [9.17, 15) is 4.79 Å². The zero-order valence-electron chi connectivity index (χ0n) is 11.8. The molecular weight excluding hydrogens is 302 g/mol. The van der Waals surface area contributed by atoms with Crippen LogP contribution >= 0.6 is 11.5 Å². The number of anilines is 1. The van der Waals surface area contributed by atoms with Crippen molar-refractivity contribution in [2.45, 2.75) is 19.8 Å². The van der Waals surface area contributed by atoms with E-state index in [1.165, 1.54) is 6.33 Å². The van der Waals surface area contributed by atoms with Crippen molar-refractivity contribution in [3.8, 4) is 5.82 Å². The van der Waals surface area contributed by atoms with Gasteiger partial charge in [0.1, 0.15) is 29.2 Å². The Kier molecular flexibility index (Phi) is 4.15. The summed E-state index contributed by atoms with van der Waals surface area (Å²) in [5.74, 6) is 0.785. The topological polar surface area (TPSA) is 98.5 Å². The second-order valence-corrected chi connectivity index (χ2v) is 5.24. The van der Waals surface area contributed by atoms with Crippen molar-refractivity contribution in [3.63, 3.8) is 0 Å². The van der Waals surface area contributed by atoms with Crippen molar-refractivity contribution in [2.75, 3.05) is 5.32 Å². The van der Waals surface area contributed by atoms with Gasteiger partial charge in [-0.1, -0.05) is 17.8 Å². The second-order valence-electron chi connectivity index (χ2n) is 4.48. The first-order valence-corrected chi connectivity index (χ1v) is 7.48. The van der Waals surface area contributed by atoms with Gasteiger partial charge >= 0.3 is 0 Å². The van der Waals surface area contributed by atoms with E-state index in [1.54, 1.807) is 29.4 Å². The Morgan fingerprint density at radius 3 is 3.09 bits per heavy atom. The molecule has 0 aliphatic carbocycles. The minimum Gasteiger partial charge on any atom is -0.306 e. The third kappa shape index (κ3) is 2.98. The van der Waals surface area contributed by atoms with E-state index in [0.717, 1.165) is 24.4 Å². The first-order valence-electron chi connectivity index (χ1n) is 6.71. The molecule has 22 heavy (non-hydrogen) atoms. The Morgan fingerprint density at radius 2 is 2.32 bits per heavy atom. The van der Waals surface area contributed by atoms with Crippen LogP contribution in [0.2, 0.25) is 0 Å². The SMILES string of the molecule is CCCc1nnsc1C(=O)Nc1cc(-n2ccnc2)ncn1. The molecule has 0 unspecified atom stereocenters. The predicted molar refractivity (Wildman–Crippen MR) is 81.0 cm³/mol. The van der Waals surface area contributed by atoms with Crippen molar-refractivity contribution in [1.82, 2.24) is 29.1 Å². The molecule has 0 fully saturated rings. The number of hydrogen-bond acceptors (Lipinski definition) is 7. The Hall–Kier alpha value is -2.68. The molecule has 0 bridgehead atoms. The van der Waals surface area contributed by atoms with Gasteiger partial charge in [-0.2, -0.15) is 0 Å². The van der Waals surface area contributed by atoms with E-state index < -0.39 is 0 Å². The van der Waals surface area contributed by atoms with E-state index in [4.69, 9.17) is 0 Å². The van der Waals surface area contributed by atoms with E-state index in [1.807, 2.05) is 6.92 Å². The van der Waals surface area contributed by atoms with Gasteiger partial charge in [-0.25, -0.2) is 15.0 Å². The second kappa shape index (κ2) is 6.39. The van der Waals surface area contributed by atoms with Crippen LogP contribution in [0.1, 0.15) is 28.7 Å². The van der Waals surface area contributed by atoms with Crippen LogP contribution in [0.3, 0.4) is 0 Å². The Morgan fingerprint density at radius 1 is 1.41 bits per heavy atom. The number of hydrogen-bond donors (Lipinski definition) is 1. The van der Waals surface area contributed by atoms with E-state index in [-0.39, 0.29) is 5.91 Å². The molecule has 1 amide bonds. The van der Waals surface area contributed by atoms with Gasteiger partial charge in [0.05, 0.1) is 5.69 Å². The molecule has 0 aromatic carbocycles. The maximum Gasteiger partial charge on any atom is 0.270 e. The predicted octanol–water partition coefficient (Wildman–Crippen LogP) is 1.72. The summed E-state index contributed by atoms with van der Waals surface area (Å²) in [5, 5.41) is 6.74. The van der Waals surface area contributed by atoms with Crippen LogP contribution in [0.25, 0.3) is 5.82 Å². The van der Waals surface area contributed by atoms with Crippen LogP contribution in [-0.4, -0.2) is 35.0 Å². The fraction of sp³-hybridized carbons (Fsp3) is 0.231. The Labute approximate surface area is 130 Å². The first kappa shape index (κ1) is 14.3. The molecular formula is C13H13N7OS. The van der Waals surface area contributed by atoms with Gasteiger partial charge in [-0.05, 0) is 18.0 Å². The van der Waals surface area contributed by atoms with Gasteiger partial charge in [0, 0.05) is 18.5 Å². The standard InChI is InChI=1S/C13H13N7OS/c1-2-3-9-12(22-19-18-9)13(21)17-10-6-11(16-7-15-10)20-5-4-14-8-20/h4-8H,2-3H2,1H3,(H,15,16,17,21). The highest BCUT2D eigenvalue weighted by Crippen LogP contribution is 2.15.